The van der Waals surface area contributed by atoms with Gasteiger partial charge in [0.2, 0.25) is 0 Å². The Bertz CT molecular complexity index is 972. The van der Waals surface area contributed by atoms with E-state index < -0.39 is 17.6 Å². The van der Waals surface area contributed by atoms with Crippen LogP contribution < -0.4 is 16.2 Å². The van der Waals surface area contributed by atoms with Gasteiger partial charge < -0.3 is 5.32 Å². The van der Waals surface area contributed by atoms with Crippen LogP contribution in [0.4, 0.5) is 10.1 Å². The number of hydrogen-bond donors (Lipinski definition) is 3. The fraction of sp³-hybridized carbons (Fsp3) is 0. The number of carbonyl (C=O) groups is 3. The number of amides is 3. The van der Waals surface area contributed by atoms with E-state index in [4.69, 9.17) is 0 Å². The number of anilines is 1. The number of benzene rings is 2. The highest BCUT2D eigenvalue weighted by Gasteiger charge is 2.11. The second-order valence-electron chi connectivity index (χ2n) is 5.43. The van der Waals surface area contributed by atoms with Gasteiger partial charge in [0.25, 0.3) is 17.7 Å². The average Bonchev–Trinajstić information content (AvgIpc) is 3.21. The number of nitrogens with one attached hydrogen (secondary N) is 3. The second-order valence-corrected chi connectivity index (χ2v) is 6.38. The Kier molecular flexibility index (Phi) is 5.58. The maximum atomic E-state index is 12.9. The minimum atomic E-state index is -0.578. The van der Waals surface area contributed by atoms with E-state index in [1.165, 1.54) is 29.5 Å². The predicted molar refractivity (Wildman–Crippen MR) is 100 cm³/mol. The lowest BCUT2D eigenvalue weighted by Crippen LogP contribution is -2.41. The molecule has 8 heteroatoms. The maximum absolute atomic E-state index is 12.9. The van der Waals surface area contributed by atoms with Gasteiger partial charge in [-0.3, -0.25) is 25.2 Å². The fourth-order valence-electron chi connectivity index (χ4n) is 2.20. The van der Waals surface area contributed by atoms with Gasteiger partial charge in [-0.15, -0.1) is 11.3 Å². The van der Waals surface area contributed by atoms with Crippen LogP contribution in [-0.4, -0.2) is 17.7 Å². The molecule has 0 saturated heterocycles. The number of halogens is 1. The summed E-state index contributed by atoms with van der Waals surface area (Å²) in [5.74, 6) is -1.87. The van der Waals surface area contributed by atoms with Crippen LogP contribution in [0.3, 0.4) is 0 Å². The van der Waals surface area contributed by atoms with Crippen molar-refractivity contribution in [2.24, 2.45) is 0 Å². The van der Waals surface area contributed by atoms with E-state index in [2.05, 4.69) is 16.2 Å². The van der Waals surface area contributed by atoms with Gasteiger partial charge in [-0.1, -0.05) is 12.1 Å². The molecule has 2 aromatic carbocycles. The van der Waals surface area contributed by atoms with Crippen molar-refractivity contribution in [3.8, 4) is 0 Å². The van der Waals surface area contributed by atoms with Crippen molar-refractivity contribution < 1.29 is 18.8 Å². The Labute approximate surface area is 158 Å². The molecule has 6 nitrogen and oxygen atoms in total. The first-order valence-electron chi connectivity index (χ1n) is 7.84. The molecule has 0 unspecified atom stereocenters. The smallest absolute Gasteiger partial charge is 0.269 e. The van der Waals surface area contributed by atoms with Crippen molar-refractivity contribution in [1.82, 2.24) is 10.9 Å². The quantitative estimate of drug-likeness (QED) is 0.605. The largest absolute Gasteiger partial charge is 0.321 e. The SMILES string of the molecule is O=C(NNC(=O)c1cccc(NC(=O)c2cccs2)c1)c1ccc(F)cc1. The fourth-order valence-corrected chi connectivity index (χ4v) is 2.82. The van der Waals surface area contributed by atoms with E-state index in [1.807, 2.05) is 0 Å². The number of rotatable bonds is 4. The summed E-state index contributed by atoms with van der Waals surface area (Å²) in [6.45, 7) is 0. The molecule has 1 aromatic heterocycles. The standard InChI is InChI=1S/C19H14FN3O3S/c20-14-8-6-12(7-9-14)17(24)22-23-18(25)13-3-1-4-15(11-13)21-19(26)16-5-2-10-27-16/h1-11H,(H,21,26)(H,22,24)(H,23,25). The van der Waals surface area contributed by atoms with Crippen LogP contribution in [0.25, 0.3) is 0 Å². The summed E-state index contributed by atoms with van der Waals surface area (Å²) < 4.78 is 12.9. The van der Waals surface area contributed by atoms with Crippen LogP contribution in [0.1, 0.15) is 30.4 Å². The molecule has 0 aliphatic rings. The highest BCUT2D eigenvalue weighted by molar-refractivity contribution is 7.12. The van der Waals surface area contributed by atoms with Gasteiger partial charge in [0.05, 0.1) is 4.88 Å². The molecular formula is C19H14FN3O3S. The van der Waals surface area contributed by atoms with Crippen LogP contribution in [0.5, 0.6) is 0 Å². The molecule has 0 saturated carbocycles. The number of hydrazine groups is 1. The van der Waals surface area contributed by atoms with Gasteiger partial charge in [-0.05, 0) is 53.9 Å². The lowest BCUT2D eigenvalue weighted by molar-refractivity contribution is 0.0846. The highest BCUT2D eigenvalue weighted by atomic mass is 32.1. The average molecular weight is 383 g/mol. The molecular weight excluding hydrogens is 369 g/mol. The first kappa shape index (κ1) is 18.3. The molecule has 1 heterocycles. The molecule has 3 aromatic rings. The van der Waals surface area contributed by atoms with Crippen molar-refractivity contribution in [2.45, 2.75) is 0 Å². The molecule has 27 heavy (non-hydrogen) atoms. The molecule has 0 atom stereocenters. The van der Waals surface area contributed by atoms with Gasteiger partial charge in [0.1, 0.15) is 5.82 Å². The summed E-state index contributed by atoms with van der Waals surface area (Å²) >= 11 is 1.31. The second kappa shape index (κ2) is 8.24. The Hall–Kier alpha value is -3.52. The Morgan fingerprint density at radius 3 is 2.15 bits per heavy atom. The molecule has 0 bridgehead atoms. The zero-order valence-electron chi connectivity index (χ0n) is 13.9. The van der Waals surface area contributed by atoms with E-state index in [0.717, 1.165) is 12.1 Å². The van der Waals surface area contributed by atoms with Crippen molar-refractivity contribution in [1.29, 1.82) is 0 Å². The molecule has 0 aliphatic carbocycles. The van der Waals surface area contributed by atoms with Crippen LogP contribution >= 0.6 is 11.3 Å². The van der Waals surface area contributed by atoms with Gasteiger partial charge in [0, 0.05) is 16.8 Å². The van der Waals surface area contributed by atoms with Crippen LogP contribution in [-0.2, 0) is 0 Å². The molecule has 0 radical (unpaired) electrons. The molecule has 0 spiro atoms. The van der Waals surface area contributed by atoms with E-state index in [1.54, 1.807) is 35.7 Å². The molecule has 0 fully saturated rings. The Morgan fingerprint density at radius 2 is 1.48 bits per heavy atom. The third kappa shape index (κ3) is 4.77. The van der Waals surface area contributed by atoms with Crippen molar-refractivity contribution in [2.75, 3.05) is 5.32 Å². The number of hydrogen-bond acceptors (Lipinski definition) is 4. The topological polar surface area (TPSA) is 87.3 Å². The zero-order valence-corrected chi connectivity index (χ0v) is 14.7. The summed E-state index contributed by atoms with van der Waals surface area (Å²) in [4.78, 5) is 36.8. The van der Waals surface area contributed by atoms with E-state index in [0.29, 0.717) is 10.6 Å². The first-order valence-corrected chi connectivity index (χ1v) is 8.72. The summed E-state index contributed by atoms with van der Waals surface area (Å²) in [6, 6.07) is 14.7. The Balaban J connectivity index is 1.60. The van der Waals surface area contributed by atoms with Crippen molar-refractivity contribution in [3.63, 3.8) is 0 Å². The molecule has 3 N–H and O–H groups in total. The molecule has 3 rings (SSSR count). The monoisotopic (exact) mass is 383 g/mol. The third-order valence-electron chi connectivity index (χ3n) is 3.52. The van der Waals surface area contributed by atoms with Crippen LogP contribution in [0.15, 0.2) is 66.0 Å². The Morgan fingerprint density at radius 1 is 0.778 bits per heavy atom. The van der Waals surface area contributed by atoms with Crippen LogP contribution in [0.2, 0.25) is 0 Å². The zero-order chi connectivity index (χ0) is 19.2. The summed E-state index contributed by atoms with van der Waals surface area (Å²) in [7, 11) is 0. The summed E-state index contributed by atoms with van der Waals surface area (Å²) in [5.41, 5.74) is 5.43. The first-order chi connectivity index (χ1) is 13.0. The van der Waals surface area contributed by atoms with Crippen molar-refractivity contribution >= 4 is 34.7 Å². The molecule has 0 aliphatic heterocycles. The number of thiophene rings is 1. The van der Waals surface area contributed by atoms with Crippen LogP contribution in [0, 0.1) is 5.82 Å². The summed E-state index contributed by atoms with van der Waals surface area (Å²) in [5, 5.41) is 4.50. The lowest BCUT2D eigenvalue weighted by Gasteiger charge is -2.09. The van der Waals surface area contributed by atoms with E-state index in [-0.39, 0.29) is 17.0 Å². The molecule has 3 amide bonds. The normalized spacial score (nSPS) is 10.1. The maximum Gasteiger partial charge on any atom is 0.269 e. The summed E-state index contributed by atoms with van der Waals surface area (Å²) in [6.07, 6.45) is 0. The van der Waals surface area contributed by atoms with Gasteiger partial charge in [-0.25, -0.2) is 4.39 Å². The van der Waals surface area contributed by atoms with Crippen molar-refractivity contribution in [3.05, 3.63) is 87.9 Å². The van der Waals surface area contributed by atoms with E-state index >= 15 is 0 Å². The number of carbonyl (C=O) groups excluding carboxylic acids is 3. The van der Waals surface area contributed by atoms with Gasteiger partial charge in [0.15, 0.2) is 0 Å². The van der Waals surface area contributed by atoms with E-state index in [9.17, 15) is 18.8 Å². The minimum absolute atomic E-state index is 0.202. The highest BCUT2D eigenvalue weighted by Crippen LogP contribution is 2.15. The minimum Gasteiger partial charge on any atom is -0.321 e. The predicted octanol–water partition coefficient (Wildman–Crippen LogP) is 3.21. The van der Waals surface area contributed by atoms with Gasteiger partial charge in [-0.2, -0.15) is 0 Å². The third-order valence-corrected chi connectivity index (χ3v) is 4.39. The lowest BCUT2D eigenvalue weighted by atomic mass is 10.2. The van der Waals surface area contributed by atoms with Gasteiger partial charge >= 0.3 is 0 Å². The molecule has 136 valence electrons.